The van der Waals surface area contributed by atoms with Crippen LogP contribution in [-0.2, 0) is 9.47 Å². The number of methoxy groups -OCH3 is 2. The first kappa shape index (κ1) is 25.2. The maximum Gasteiger partial charge on any atom is 0.263 e. The zero-order chi connectivity index (χ0) is 26.2. The van der Waals surface area contributed by atoms with Gasteiger partial charge < -0.3 is 20.1 Å². The molecule has 0 spiro atoms. The van der Waals surface area contributed by atoms with E-state index in [0.29, 0.717) is 12.5 Å². The standard InChI is InChI=1S/C29H33N5O3S/c1-17-14-31-27-26-20-5-7-23(33-21(20)8-9-24(26)38-28(27)29(35)32-17)22-6-4-19(15-30-22)18-10-12-34(13-11-18)16-25(36-2)37-3/h4-9,15,17-18,25,31H,10-14,16H2,1-3H3,(H,32,35)/t17-/m1/s1. The number of ether oxygens (including phenoxy) is 2. The predicted molar refractivity (Wildman–Crippen MR) is 152 cm³/mol. The van der Waals surface area contributed by atoms with Crippen LogP contribution in [0.25, 0.3) is 32.4 Å². The molecule has 198 valence electrons. The lowest BCUT2D eigenvalue weighted by Crippen LogP contribution is -2.39. The molecule has 0 radical (unpaired) electrons. The summed E-state index contributed by atoms with van der Waals surface area (Å²) in [5.41, 5.74) is 4.82. The van der Waals surface area contributed by atoms with Crippen molar-refractivity contribution < 1.29 is 14.3 Å². The van der Waals surface area contributed by atoms with Crippen molar-refractivity contribution in [2.24, 2.45) is 0 Å². The Balaban J connectivity index is 1.22. The van der Waals surface area contributed by atoms with E-state index in [2.05, 4.69) is 39.8 Å². The van der Waals surface area contributed by atoms with Crippen LogP contribution >= 0.6 is 11.3 Å². The van der Waals surface area contributed by atoms with Gasteiger partial charge in [0.15, 0.2) is 6.29 Å². The van der Waals surface area contributed by atoms with Gasteiger partial charge in [-0.1, -0.05) is 6.07 Å². The van der Waals surface area contributed by atoms with Crippen LogP contribution in [0.2, 0.25) is 0 Å². The number of thiophene rings is 1. The summed E-state index contributed by atoms with van der Waals surface area (Å²) >= 11 is 1.53. The van der Waals surface area contributed by atoms with Crippen LogP contribution in [0.15, 0.2) is 42.6 Å². The lowest BCUT2D eigenvalue weighted by Gasteiger charge is -2.33. The maximum absolute atomic E-state index is 12.7. The number of benzene rings is 1. The van der Waals surface area contributed by atoms with Crippen LogP contribution in [-0.4, -0.2) is 73.5 Å². The fraction of sp³-hybridized carbons (Fsp3) is 0.414. The molecular formula is C29H33N5O3S. The van der Waals surface area contributed by atoms with Gasteiger partial charge in [0.2, 0.25) is 0 Å². The molecular weight excluding hydrogens is 498 g/mol. The van der Waals surface area contributed by atoms with Gasteiger partial charge in [-0.2, -0.15) is 0 Å². The van der Waals surface area contributed by atoms with E-state index in [1.807, 2.05) is 25.3 Å². The van der Waals surface area contributed by atoms with Crippen molar-refractivity contribution >= 4 is 43.9 Å². The van der Waals surface area contributed by atoms with Gasteiger partial charge >= 0.3 is 0 Å². The van der Waals surface area contributed by atoms with Gasteiger partial charge in [-0.3, -0.25) is 14.7 Å². The summed E-state index contributed by atoms with van der Waals surface area (Å²) in [7, 11) is 3.37. The van der Waals surface area contributed by atoms with Crippen LogP contribution in [0.5, 0.6) is 0 Å². The van der Waals surface area contributed by atoms with Gasteiger partial charge in [0, 0.05) is 55.0 Å². The Morgan fingerprint density at radius 2 is 1.87 bits per heavy atom. The van der Waals surface area contributed by atoms with E-state index in [1.54, 1.807) is 14.2 Å². The molecule has 4 aromatic rings. The van der Waals surface area contributed by atoms with E-state index in [4.69, 9.17) is 19.4 Å². The zero-order valence-electron chi connectivity index (χ0n) is 22.0. The number of fused-ring (bicyclic) bond motifs is 5. The molecule has 1 atom stereocenters. The molecule has 9 heteroatoms. The first-order valence-corrected chi connectivity index (χ1v) is 14.0. The summed E-state index contributed by atoms with van der Waals surface area (Å²) in [5.74, 6) is 0.496. The highest BCUT2D eigenvalue weighted by Gasteiger charge is 2.25. The third kappa shape index (κ3) is 4.75. The zero-order valence-corrected chi connectivity index (χ0v) is 22.8. The lowest BCUT2D eigenvalue weighted by atomic mass is 9.90. The first-order valence-electron chi connectivity index (χ1n) is 13.2. The second-order valence-corrected chi connectivity index (χ2v) is 11.3. The van der Waals surface area contributed by atoms with E-state index < -0.39 is 0 Å². The van der Waals surface area contributed by atoms with E-state index in [1.165, 1.54) is 16.9 Å². The minimum Gasteiger partial charge on any atom is -0.381 e. The second kappa shape index (κ2) is 10.6. The van der Waals surface area contributed by atoms with Gasteiger partial charge in [-0.05, 0) is 74.7 Å². The van der Waals surface area contributed by atoms with Crippen LogP contribution in [0.4, 0.5) is 5.69 Å². The molecule has 0 aliphatic carbocycles. The first-order chi connectivity index (χ1) is 18.5. The molecule has 2 N–H and O–H groups in total. The molecule has 0 unspecified atom stereocenters. The molecule has 1 amide bonds. The fourth-order valence-corrected chi connectivity index (χ4v) is 6.67. The number of hydrogen-bond donors (Lipinski definition) is 2. The Bertz CT molecular complexity index is 1460. The predicted octanol–water partition coefficient (Wildman–Crippen LogP) is 4.85. The number of carbonyl (C=O) groups is 1. The number of hydrogen-bond acceptors (Lipinski definition) is 8. The van der Waals surface area contributed by atoms with Gasteiger partial charge in [0.05, 0.1) is 22.6 Å². The number of piperidine rings is 1. The van der Waals surface area contributed by atoms with Crippen LogP contribution in [0.1, 0.15) is 40.9 Å². The maximum atomic E-state index is 12.7. The number of rotatable bonds is 6. The normalized spacial score (nSPS) is 18.9. The number of likely N-dealkylation sites (tertiary alicyclic amines) is 1. The van der Waals surface area contributed by atoms with Gasteiger partial charge in [-0.15, -0.1) is 11.3 Å². The van der Waals surface area contributed by atoms with E-state index in [-0.39, 0.29) is 18.2 Å². The molecule has 1 saturated heterocycles. The molecule has 5 heterocycles. The SMILES string of the molecule is COC(CN1CCC(c2ccc(-c3ccc4c(ccc5sc6c(c54)NC[C@@H](C)NC6=O)n3)nc2)CC1)OC. The second-order valence-electron chi connectivity index (χ2n) is 10.2. The number of nitrogens with one attached hydrogen (secondary N) is 2. The molecule has 3 aromatic heterocycles. The number of nitrogens with zero attached hydrogens (tertiary/aromatic N) is 3. The number of aromatic nitrogens is 2. The van der Waals surface area contributed by atoms with Crippen LogP contribution in [0, 0.1) is 0 Å². The van der Waals surface area contributed by atoms with Crippen LogP contribution in [0.3, 0.4) is 0 Å². The van der Waals surface area contributed by atoms with Crippen LogP contribution < -0.4 is 10.6 Å². The van der Waals surface area contributed by atoms with E-state index in [0.717, 1.165) is 75.4 Å². The van der Waals surface area contributed by atoms with Crippen molar-refractivity contribution in [2.75, 3.05) is 45.7 Å². The Morgan fingerprint density at radius 3 is 2.61 bits per heavy atom. The Hall–Kier alpha value is -3.11. The minimum atomic E-state index is -0.174. The molecule has 38 heavy (non-hydrogen) atoms. The third-order valence-corrected chi connectivity index (χ3v) is 8.89. The molecule has 1 aromatic carbocycles. The molecule has 6 rings (SSSR count). The van der Waals surface area contributed by atoms with Crippen molar-refractivity contribution in [1.29, 1.82) is 0 Å². The summed E-state index contributed by atoms with van der Waals surface area (Å²) in [6.07, 6.45) is 4.04. The van der Waals surface area contributed by atoms with Crippen molar-refractivity contribution in [3.8, 4) is 11.4 Å². The van der Waals surface area contributed by atoms with Gasteiger partial charge in [0.1, 0.15) is 4.88 Å². The van der Waals surface area contributed by atoms with Crippen molar-refractivity contribution in [3.05, 3.63) is 53.0 Å². The largest absolute Gasteiger partial charge is 0.381 e. The number of carbonyl (C=O) groups excluding carboxylic acids is 1. The smallest absolute Gasteiger partial charge is 0.263 e. The summed E-state index contributed by atoms with van der Waals surface area (Å²) in [6, 6.07) is 12.6. The molecule has 1 fully saturated rings. The number of amides is 1. The average molecular weight is 532 g/mol. The summed E-state index contributed by atoms with van der Waals surface area (Å²) in [4.78, 5) is 25.6. The van der Waals surface area contributed by atoms with Crippen molar-refractivity contribution in [2.45, 2.75) is 38.0 Å². The Morgan fingerprint density at radius 1 is 1.08 bits per heavy atom. The summed E-state index contributed by atoms with van der Waals surface area (Å²) in [6.45, 7) is 5.56. The van der Waals surface area contributed by atoms with E-state index in [9.17, 15) is 4.79 Å². The average Bonchev–Trinajstić information content (AvgIpc) is 3.27. The van der Waals surface area contributed by atoms with Gasteiger partial charge in [0.25, 0.3) is 5.91 Å². The summed E-state index contributed by atoms with van der Waals surface area (Å²) in [5, 5.41) is 8.67. The molecule has 0 bridgehead atoms. The summed E-state index contributed by atoms with van der Waals surface area (Å²) < 4.78 is 11.8. The molecule has 0 saturated carbocycles. The Kier molecular flexibility index (Phi) is 7.01. The fourth-order valence-electron chi connectivity index (χ4n) is 5.57. The molecule has 8 nitrogen and oxygen atoms in total. The number of anilines is 1. The highest BCUT2D eigenvalue weighted by Crippen LogP contribution is 2.41. The highest BCUT2D eigenvalue weighted by atomic mass is 32.1. The minimum absolute atomic E-state index is 0.0134. The lowest BCUT2D eigenvalue weighted by molar-refractivity contribution is -0.118. The van der Waals surface area contributed by atoms with Crippen molar-refractivity contribution in [3.63, 3.8) is 0 Å². The van der Waals surface area contributed by atoms with Crippen molar-refractivity contribution in [1.82, 2.24) is 20.2 Å². The topological polar surface area (TPSA) is 88.6 Å². The Labute approximate surface area is 226 Å². The monoisotopic (exact) mass is 531 g/mol. The molecule has 2 aliphatic heterocycles. The molecule has 2 aliphatic rings. The van der Waals surface area contributed by atoms with E-state index >= 15 is 0 Å². The third-order valence-electron chi connectivity index (χ3n) is 7.73. The highest BCUT2D eigenvalue weighted by molar-refractivity contribution is 7.21. The van der Waals surface area contributed by atoms with Gasteiger partial charge in [-0.25, -0.2) is 4.98 Å². The quantitative estimate of drug-likeness (QED) is 0.344. The number of pyridine rings is 2.